The van der Waals surface area contributed by atoms with Gasteiger partial charge in [-0.3, -0.25) is 4.79 Å². The second-order valence-electron chi connectivity index (χ2n) is 5.50. The van der Waals surface area contributed by atoms with Gasteiger partial charge in [0.25, 0.3) is 5.91 Å². The van der Waals surface area contributed by atoms with Crippen molar-refractivity contribution >= 4 is 44.2 Å². The first-order valence-corrected chi connectivity index (χ1v) is 10.5. The lowest BCUT2D eigenvalue weighted by Crippen LogP contribution is -2.31. The standard InChI is InChI=1S/C18H21IN2O3S/c1-4-21(5-2)25(23,24)17-12-14(11-10-13(17)3)20-18(22)15-8-6-7-9-16(15)19/h6-12H,4-5H2,1-3H3,(H,20,22). The third-order valence-corrected chi connectivity index (χ3v) is 7.02. The molecule has 0 saturated heterocycles. The predicted octanol–water partition coefficient (Wildman–Crippen LogP) is 3.88. The average Bonchev–Trinajstić information content (AvgIpc) is 2.57. The number of aryl methyl sites for hydroxylation is 1. The van der Waals surface area contributed by atoms with E-state index in [1.807, 2.05) is 12.1 Å². The summed E-state index contributed by atoms with van der Waals surface area (Å²) in [5.74, 6) is -0.264. The monoisotopic (exact) mass is 472 g/mol. The van der Waals surface area contributed by atoms with Gasteiger partial charge in [0.05, 0.1) is 10.5 Å². The minimum absolute atomic E-state index is 0.219. The number of hydrogen-bond acceptors (Lipinski definition) is 3. The smallest absolute Gasteiger partial charge is 0.256 e. The van der Waals surface area contributed by atoms with Crippen molar-refractivity contribution in [2.24, 2.45) is 0 Å². The highest BCUT2D eigenvalue weighted by atomic mass is 127. The molecule has 1 N–H and O–H groups in total. The van der Waals surface area contributed by atoms with E-state index >= 15 is 0 Å². The highest BCUT2D eigenvalue weighted by Gasteiger charge is 2.24. The first kappa shape index (κ1) is 19.9. The molecule has 134 valence electrons. The molecule has 25 heavy (non-hydrogen) atoms. The summed E-state index contributed by atoms with van der Waals surface area (Å²) in [7, 11) is -3.58. The Morgan fingerprint density at radius 1 is 1.12 bits per heavy atom. The summed E-state index contributed by atoms with van der Waals surface area (Å²) < 4.78 is 27.8. The van der Waals surface area contributed by atoms with Crippen LogP contribution in [0.5, 0.6) is 0 Å². The molecule has 0 saturated carbocycles. The molecule has 0 spiro atoms. The molecule has 0 aliphatic rings. The van der Waals surface area contributed by atoms with Gasteiger partial charge < -0.3 is 5.32 Å². The minimum atomic E-state index is -3.58. The van der Waals surface area contributed by atoms with Crippen LogP contribution in [0.3, 0.4) is 0 Å². The Kier molecular flexibility index (Phi) is 6.59. The first-order valence-electron chi connectivity index (χ1n) is 7.98. The molecule has 0 aromatic heterocycles. The molecule has 2 rings (SSSR count). The number of anilines is 1. The molecule has 0 aliphatic heterocycles. The molecule has 1 amide bonds. The molecule has 7 heteroatoms. The number of halogens is 1. The van der Waals surface area contributed by atoms with Crippen LogP contribution in [0.25, 0.3) is 0 Å². The van der Waals surface area contributed by atoms with Crippen molar-refractivity contribution in [2.75, 3.05) is 18.4 Å². The summed E-state index contributed by atoms with van der Waals surface area (Å²) in [6.45, 7) is 6.16. The number of benzene rings is 2. The molecule has 0 heterocycles. The van der Waals surface area contributed by atoms with Crippen molar-refractivity contribution in [3.05, 3.63) is 57.2 Å². The third kappa shape index (κ3) is 4.39. The van der Waals surface area contributed by atoms with Gasteiger partial charge in [0.1, 0.15) is 0 Å². The molecule has 2 aromatic rings. The zero-order valence-corrected chi connectivity index (χ0v) is 17.4. The van der Waals surface area contributed by atoms with E-state index in [1.54, 1.807) is 45.0 Å². The number of carbonyl (C=O) groups excluding carboxylic acids is 1. The number of rotatable bonds is 6. The van der Waals surface area contributed by atoms with E-state index in [0.29, 0.717) is 29.9 Å². The SMILES string of the molecule is CCN(CC)S(=O)(=O)c1cc(NC(=O)c2ccccc2I)ccc1C. The quantitative estimate of drug-likeness (QED) is 0.649. The Morgan fingerprint density at radius 3 is 2.36 bits per heavy atom. The Morgan fingerprint density at radius 2 is 1.76 bits per heavy atom. The highest BCUT2D eigenvalue weighted by Crippen LogP contribution is 2.24. The summed E-state index contributed by atoms with van der Waals surface area (Å²) in [5.41, 5.74) is 1.66. The summed E-state index contributed by atoms with van der Waals surface area (Å²) in [6, 6.07) is 12.2. The summed E-state index contributed by atoms with van der Waals surface area (Å²) in [5, 5.41) is 2.79. The van der Waals surface area contributed by atoms with Crippen LogP contribution in [-0.2, 0) is 10.0 Å². The Bertz CT molecular complexity index is 878. The van der Waals surface area contributed by atoms with Crippen LogP contribution in [0.15, 0.2) is 47.4 Å². The van der Waals surface area contributed by atoms with Crippen molar-refractivity contribution in [3.63, 3.8) is 0 Å². The largest absolute Gasteiger partial charge is 0.322 e. The minimum Gasteiger partial charge on any atom is -0.322 e. The van der Waals surface area contributed by atoms with Crippen molar-refractivity contribution in [1.82, 2.24) is 4.31 Å². The number of nitrogens with zero attached hydrogens (tertiary/aromatic N) is 1. The summed E-state index contributed by atoms with van der Waals surface area (Å²) in [4.78, 5) is 12.7. The van der Waals surface area contributed by atoms with E-state index in [1.165, 1.54) is 10.4 Å². The zero-order chi connectivity index (χ0) is 18.6. The normalized spacial score (nSPS) is 11.6. The van der Waals surface area contributed by atoms with Gasteiger partial charge in [-0.15, -0.1) is 0 Å². The van der Waals surface area contributed by atoms with Crippen LogP contribution in [0.2, 0.25) is 0 Å². The van der Waals surface area contributed by atoms with Gasteiger partial charge in [-0.25, -0.2) is 8.42 Å². The van der Waals surface area contributed by atoms with Crippen molar-refractivity contribution < 1.29 is 13.2 Å². The highest BCUT2D eigenvalue weighted by molar-refractivity contribution is 14.1. The van der Waals surface area contributed by atoms with Crippen molar-refractivity contribution in [2.45, 2.75) is 25.7 Å². The van der Waals surface area contributed by atoms with Crippen molar-refractivity contribution in [1.29, 1.82) is 0 Å². The lowest BCUT2D eigenvalue weighted by atomic mass is 10.2. The van der Waals surface area contributed by atoms with Gasteiger partial charge in [0, 0.05) is 22.3 Å². The topological polar surface area (TPSA) is 66.5 Å². The van der Waals surface area contributed by atoms with Gasteiger partial charge in [-0.2, -0.15) is 4.31 Å². The second kappa shape index (κ2) is 8.29. The van der Waals surface area contributed by atoms with E-state index < -0.39 is 10.0 Å². The number of nitrogens with one attached hydrogen (secondary N) is 1. The first-order chi connectivity index (χ1) is 11.8. The van der Waals surface area contributed by atoms with Gasteiger partial charge >= 0.3 is 0 Å². The Hall–Kier alpha value is -1.45. The van der Waals surface area contributed by atoms with E-state index in [0.717, 1.165) is 3.57 Å². The van der Waals surface area contributed by atoms with E-state index in [2.05, 4.69) is 27.9 Å². The maximum Gasteiger partial charge on any atom is 0.256 e. The van der Waals surface area contributed by atoms with E-state index in [9.17, 15) is 13.2 Å². The van der Waals surface area contributed by atoms with Gasteiger partial charge in [-0.1, -0.05) is 32.0 Å². The fourth-order valence-electron chi connectivity index (χ4n) is 2.50. The fourth-order valence-corrected chi connectivity index (χ4v) is 4.84. The maximum absolute atomic E-state index is 12.8. The average molecular weight is 472 g/mol. The number of hydrogen-bond donors (Lipinski definition) is 1. The van der Waals surface area contributed by atoms with Crippen molar-refractivity contribution in [3.8, 4) is 0 Å². The van der Waals surface area contributed by atoms with E-state index in [-0.39, 0.29) is 10.8 Å². The lowest BCUT2D eigenvalue weighted by Gasteiger charge is -2.20. The van der Waals surface area contributed by atoms with Crippen LogP contribution in [0.4, 0.5) is 5.69 Å². The van der Waals surface area contributed by atoms with Crippen LogP contribution >= 0.6 is 22.6 Å². The molecule has 0 radical (unpaired) electrons. The number of amides is 1. The molecule has 0 fully saturated rings. The van der Waals surface area contributed by atoms with Gasteiger partial charge in [0.2, 0.25) is 10.0 Å². The van der Waals surface area contributed by atoms with Crippen LogP contribution < -0.4 is 5.32 Å². The van der Waals surface area contributed by atoms with E-state index in [4.69, 9.17) is 0 Å². The zero-order valence-electron chi connectivity index (χ0n) is 14.4. The predicted molar refractivity (Wildman–Crippen MR) is 108 cm³/mol. The molecule has 0 aliphatic carbocycles. The number of carbonyl (C=O) groups is 1. The van der Waals surface area contributed by atoms with Gasteiger partial charge in [0.15, 0.2) is 0 Å². The Balaban J connectivity index is 2.37. The molecule has 0 atom stereocenters. The van der Waals surface area contributed by atoms with Crippen LogP contribution in [0, 0.1) is 10.5 Å². The summed E-state index contributed by atoms with van der Waals surface area (Å²) in [6.07, 6.45) is 0. The molecule has 0 bridgehead atoms. The van der Waals surface area contributed by atoms with Gasteiger partial charge in [-0.05, 0) is 59.3 Å². The maximum atomic E-state index is 12.8. The molecular formula is C18H21IN2O3S. The fraction of sp³-hybridized carbons (Fsp3) is 0.278. The molecule has 5 nitrogen and oxygen atoms in total. The summed E-state index contributed by atoms with van der Waals surface area (Å²) >= 11 is 2.10. The van der Waals surface area contributed by atoms with Crippen LogP contribution in [0.1, 0.15) is 29.8 Å². The lowest BCUT2D eigenvalue weighted by molar-refractivity contribution is 0.102. The molecule has 2 aromatic carbocycles. The third-order valence-electron chi connectivity index (χ3n) is 3.89. The molecule has 0 unspecified atom stereocenters. The molecular weight excluding hydrogens is 451 g/mol. The number of sulfonamides is 1. The van der Waals surface area contributed by atoms with Crippen LogP contribution in [-0.4, -0.2) is 31.7 Å². The Labute approximate surface area is 162 Å². The second-order valence-corrected chi connectivity index (χ2v) is 8.57.